The predicted molar refractivity (Wildman–Crippen MR) is 89.0 cm³/mol. The minimum absolute atomic E-state index is 0.592. The van der Waals surface area contributed by atoms with Crippen LogP contribution in [0.4, 0.5) is 11.4 Å². The van der Waals surface area contributed by atoms with Crippen LogP contribution in [0.3, 0.4) is 0 Å². The van der Waals surface area contributed by atoms with E-state index in [9.17, 15) is 0 Å². The molecule has 0 radical (unpaired) electrons. The third-order valence-corrected chi connectivity index (χ3v) is 4.88. The fourth-order valence-electron chi connectivity index (χ4n) is 3.79. The lowest BCUT2D eigenvalue weighted by molar-refractivity contribution is 0.667. The summed E-state index contributed by atoms with van der Waals surface area (Å²) in [6.07, 6.45) is 3.63. The van der Waals surface area contributed by atoms with Crippen molar-refractivity contribution in [2.45, 2.75) is 38.8 Å². The van der Waals surface area contributed by atoms with E-state index < -0.39 is 0 Å². The van der Waals surface area contributed by atoms with Crippen molar-refractivity contribution in [3.05, 3.63) is 59.2 Å². The number of rotatable bonds is 2. The minimum Gasteiger partial charge on any atom is -0.385 e. The maximum Gasteiger partial charge on any atom is 0.0436 e. The predicted octanol–water partition coefficient (Wildman–Crippen LogP) is 4.00. The monoisotopic (exact) mass is 278 g/mol. The van der Waals surface area contributed by atoms with E-state index in [2.05, 4.69) is 59.6 Å². The summed E-state index contributed by atoms with van der Waals surface area (Å²) in [5, 5.41) is 3.54. The van der Waals surface area contributed by atoms with Crippen LogP contribution in [0.25, 0.3) is 0 Å². The molecule has 0 aliphatic carbocycles. The van der Waals surface area contributed by atoms with Crippen LogP contribution in [0.1, 0.15) is 30.0 Å². The first-order valence-electron chi connectivity index (χ1n) is 8.02. The lowest BCUT2D eigenvalue weighted by atomic mass is 9.97. The summed E-state index contributed by atoms with van der Waals surface area (Å²) in [5.74, 6) is 0. The van der Waals surface area contributed by atoms with Crippen LogP contribution in [0.2, 0.25) is 0 Å². The Morgan fingerprint density at radius 3 is 3.00 bits per heavy atom. The lowest BCUT2D eigenvalue weighted by Crippen LogP contribution is -2.29. The van der Waals surface area contributed by atoms with Crippen LogP contribution < -0.4 is 10.2 Å². The molecule has 0 bridgehead atoms. The molecular formula is C19H22N2. The van der Waals surface area contributed by atoms with Gasteiger partial charge in [0.2, 0.25) is 0 Å². The molecule has 2 heterocycles. The van der Waals surface area contributed by atoms with Crippen molar-refractivity contribution in [1.82, 2.24) is 0 Å². The van der Waals surface area contributed by atoms with Crippen molar-refractivity contribution in [3.63, 3.8) is 0 Å². The smallest absolute Gasteiger partial charge is 0.0436 e. The largest absolute Gasteiger partial charge is 0.385 e. The van der Waals surface area contributed by atoms with Crippen LogP contribution in [0.15, 0.2) is 42.5 Å². The fourth-order valence-corrected chi connectivity index (χ4v) is 3.79. The number of benzene rings is 2. The second kappa shape index (κ2) is 5.10. The Balaban J connectivity index is 1.68. The van der Waals surface area contributed by atoms with Gasteiger partial charge in [-0.05, 0) is 55.0 Å². The van der Waals surface area contributed by atoms with E-state index in [4.69, 9.17) is 0 Å². The van der Waals surface area contributed by atoms with Gasteiger partial charge >= 0.3 is 0 Å². The normalized spacial score (nSPS) is 19.9. The molecule has 1 atom stereocenters. The maximum atomic E-state index is 3.54. The summed E-state index contributed by atoms with van der Waals surface area (Å²) in [7, 11) is 0. The van der Waals surface area contributed by atoms with Gasteiger partial charge in [0.1, 0.15) is 0 Å². The number of para-hydroxylation sites is 1. The van der Waals surface area contributed by atoms with Gasteiger partial charge in [-0.15, -0.1) is 0 Å². The fraction of sp³-hybridized carbons (Fsp3) is 0.368. The van der Waals surface area contributed by atoms with E-state index in [1.165, 1.54) is 47.3 Å². The van der Waals surface area contributed by atoms with E-state index >= 15 is 0 Å². The first-order chi connectivity index (χ1) is 10.3. The SMILES string of the molecule is CC1Cc2ccccc2N1Cc1cccc2c1CCCN2. The van der Waals surface area contributed by atoms with E-state index in [0.29, 0.717) is 6.04 Å². The Morgan fingerprint density at radius 2 is 2.05 bits per heavy atom. The second-order valence-corrected chi connectivity index (χ2v) is 6.28. The summed E-state index contributed by atoms with van der Waals surface area (Å²) < 4.78 is 0. The molecule has 0 fully saturated rings. The van der Waals surface area contributed by atoms with Gasteiger partial charge in [-0.2, -0.15) is 0 Å². The number of hydrogen-bond acceptors (Lipinski definition) is 2. The molecule has 2 aromatic rings. The van der Waals surface area contributed by atoms with Crippen molar-refractivity contribution in [2.75, 3.05) is 16.8 Å². The molecule has 0 aromatic heterocycles. The van der Waals surface area contributed by atoms with Gasteiger partial charge in [0, 0.05) is 30.5 Å². The van der Waals surface area contributed by atoms with Crippen LogP contribution in [0, 0.1) is 0 Å². The molecule has 2 nitrogen and oxygen atoms in total. The molecular weight excluding hydrogens is 256 g/mol. The molecule has 2 aromatic carbocycles. The Bertz CT molecular complexity index is 662. The molecule has 4 rings (SSSR count). The van der Waals surface area contributed by atoms with Gasteiger partial charge in [0.05, 0.1) is 0 Å². The third-order valence-electron chi connectivity index (χ3n) is 4.88. The standard InChI is InChI=1S/C19H22N2/c1-14-12-15-6-2-3-10-19(15)21(14)13-16-7-4-9-18-17(16)8-5-11-20-18/h2-4,6-7,9-10,14,20H,5,8,11-13H2,1H3. The van der Waals surface area contributed by atoms with Gasteiger partial charge in [-0.1, -0.05) is 30.3 Å². The highest BCUT2D eigenvalue weighted by Gasteiger charge is 2.26. The first-order valence-corrected chi connectivity index (χ1v) is 8.02. The summed E-state index contributed by atoms with van der Waals surface area (Å²) in [5.41, 5.74) is 7.28. The van der Waals surface area contributed by atoms with Crippen molar-refractivity contribution in [3.8, 4) is 0 Å². The maximum absolute atomic E-state index is 3.54. The van der Waals surface area contributed by atoms with Gasteiger partial charge in [0.15, 0.2) is 0 Å². The summed E-state index contributed by atoms with van der Waals surface area (Å²) >= 11 is 0. The quantitative estimate of drug-likeness (QED) is 0.893. The minimum atomic E-state index is 0.592. The number of nitrogens with one attached hydrogen (secondary N) is 1. The van der Waals surface area contributed by atoms with Crippen LogP contribution in [0.5, 0.6) is 0 Å². The Hall–Kier alpha value is -1.96. The van der Waals surface area contributed by atoms with Gasteiger partial charge < -0.3 is 10.2 Å². The highest BCUT2D eigenvalue weighted by atomic mass is 15.2. The van der Waals surface area contributed by atoms with Gasteiger partial charge in [-0.25, -0.2) is 0 Å². The van der Waals surface area contributed by atoms with Gasteiger partial charge in [0.25, 0.3) is 0 Å². The zero-order valence-electron chi connectivity index (χ0n) is 12.6. The number of nitrogens with zero attached hydrogens (tertiary/aromatic N) is 1. The summed E-state index contributed by atoms with van der Waals surface area (Å²) in [6.45, 7) is 4.48. The summed E-state index contributed by atoms with van der Waals surface area (Å²) in [6, 6.07) is 16.2. The average Bonchev–Trinajstić information content (AvgIpc) is 2.84. The third kappa shape index (κ3) is 2.19. The van der Waals surface area contributed by atoms with Crippen molar-refractivity contribution >= 4 is 11.4 Å². The lowest BCUT2D eigenvalue weighted by Gasteiger charge is -2.28. The average molecular weight is 278 g/mol. The van der Waals surface area contributed by atoms with E-state index in [1.807, 2.05) is 0 Å². The molecule has 2 heteroatoms. The van der Waals surface area contributed by atoms with Crippen LogP contribution in [-0.2, 0) is 19.4 Å². The summed E-state index contributed by atoms with van der Waals surface area (Å²) in [4.78, 5) is 2.57. The molecule has 2 aliphatic rings. The molecule has 0 saturated heterocycles. The first kappa shape index (κ1) is 12.8. The zero-order chi connectivity index (χ0) is 14.2. The Labute approximate surface area is 126 Å². The molecule has 0 amide bonds. The zero-order valence-corrected chi connectivity index (χ0v) is 12.6. The molecule has 0 saturated carbocycles. The van der Waals surface area contributed by atoms with E-state index in [0.717, 1.165) is 13.1 Å². The molecule has 1 N–H and O–H groups in total. The van der Waals surface area contributed by atoms with Crippen molar-refractivity contribution < 1.29 is 0 Å². The number of anilines is 2. The van der Waals surface area contributed by atoms with E-state index in [-0.39, 0.29) is 0 Å². The van der Waals surface area contributed by atoms with Gasteiger partial charge in [-0.3, -0.25) is 0 Å². The van der Waals surface area contributed by atoms with Crippen LogP contribution >= 0.6 is 0 Å². The topological polar surface area (TPSA) is 15.3 Å². The second-order valence-electron chi connectivity index (χ2n) is 6.28. The Morgan fingerprint density at radius 1 is 1.14 bits per heavy atom. The number of hydrogen-bond donors (Lipinski definition) is 1. The highest BCUT2D eigenvalue weighted by molar-refractivity contribution is 5.62. The molecule has 21 heavy (non-hydrogen) atoms. The van der Waals surface area contributed by atoms with Crippen molar-refractivity contribution in [2.24, 2.45) is 0 Å². The number of fused-ring (bicyclic) bond motifs is 2. The molecule has 2 aliphatic heterocycles. The molecule has 0 spiro atoms. The Kier molecular flexibility index (Phi) is 3.10. The molecule has 108 valence electrons. The van der Waals surface area contributed by atoms with E-state index in [1.54, 1.807) is 0 Å². The van der Waals surface area contributed by atoms with Crippen molar-refractivity contribution in [1.29, 1.82) is 0 Å². The van der Waals surface area contributed by atoms with Crippen LogP contribution in [-0.4, -0.2) is 12.6 Å². The molecule has 1 unspecified atom stereocenters. The highest BCUT2D eigenvalue weighted by Crippen LogP contribution is 2.35.